The molecular formula is C17H34N2O2. The van der Waals surface area contributed by atoms with Crippen LogP contribution in [0.4, 0.5) is 4.79 Å². The summed E-state index contributed by atoms with van der Waals surface area (Å²) in [5.74, 6) is 0. The topological polar surface area (TPSA) is 41.6 Å². The Kier molecular flexibility index (Phi) is 7.50. The molecule has 0 aromatic heterocycles. The molecule has 0 bridgehead atoms. The first-order valence-corrected chi connectivity index (χ1v) is 8.56. The fourth-order valence-electron chi connectivity index (χ4n) is 2.86. The van der Waals surface area contributed by atoms with Crippen molar-refractivity contribution in [3.8, 4) is 0 Å². The van der Waals surface area contributed by atoms with Crippen LogP contribution in [0.5, 0.6) is 0 Å². The molecule has 2 atom stereocenters. The van der Waals surface area contributed by atoms with Crippen LogP contribution in [0.1, 0.15) is 73.1 Å². The van der Waals surface area contributed by atoms with Crippen molar-refractivity contribution < 1.29 is 9.53 Å². The third-order valence-electron chi connectivity index (χ3n) is 3.90. The van der Waals surface area contributed by atoms with Gasteiger partial charge >= 0.3 is 6.09 Å². The van der Waals surface area contributed by atoms with E-state index in [-0.39, 0.29) is 6.09 Å². The summed E-state index contributed by atoms with van der Waals surface area (Å²) in [6, 6.07) is 0.781. The molecule has 1 fully saturated rings. The molecule has 1 aliphatic heterocycles. The number of likely N-dealkylation sites (tertiary alicyclic amines) is 1. The summed E-state index contributed by atoms with van der Waals surface area (Å²) in [6.07, 6.45) is 6.83. The molecule has 0 aliphatic carbocycles. The van der Waals surface area contributed by atoms with E-state index in [4.69, 9.17) is 4.74 Å². The molecular weight excluding hydrogens is 264 g/mol. The minimum Gasteiger partial charge on any atom is -0.444 e. The van der Waals surface area contributed by atoms with Gasteiger partial charge in [-0.3, -0.25) is 0 Å². The standard InChI is InChI=1S/C17H34N2O2/c1-6-7-8-11-18-14(2)13-15-10-9-12-19(15)16(20)21-17(3,4)5/h14-15,18H,6-13H2,1-5H3. The van der Waals surface area contributed by atoms with E-state index < -0.39 is 5.60 Å². The summed E-state index contributed by atoms with van der Waals surface area (Å²) in [7, 11) is 0. The second-order valence-electron chi connectivity index (χ2n) is 7.27. The molecule has 1 rings (SSSR count). The number of nitrogens with one attached hydrogen (secondary N) is 1. The van der Waals surface area contributed by atoms with Crippen LogP contribution < -0.4 is 5.32 Å². The molecule has 0 aromatic carbocycles. The molecule has 21 heavy (non-hydrogen) atoms. The third kappa shape index (κ3) is 7.16. The summed E-state index contributed by atoms with van der Waals surface area (Å²) in [5, 5.41) is 3.57. The van der Waals surface area contributed by atoms with E-state index >= 15 is 0 Å². The number of ether oxygens (including phenoxy) is 1. The summed E-state index contributed by atoms with van der Waals surface area (Å²) in [5.41, 5.74) is -0.408. The van der Waals surface area contributed by atoms with Crippen LogP contribution in [0.2, 0.25) is 0 Å². The second kappa shape index (κ2) is 8.62. The number of unbranched alkanes of at least 4 members (excludes halogenated alkanes) is 2. The highest BCUT2D eigenvalue weighted by Crippen LogP contribution is 2.24. The highest BCUT2D eigenvalue weighted by molar-refractivity contribution is 5.68. The lowest BCUT2D eigenvalue weighted by Gasteiger charge is -2.30. The first-order valence-electron chi connectivity index (χ1n) is 8.56. The Balaban J connectivity index is 2.37. The van der Waals surface area contributed by atoms with Gasteiger partial charge in [0.05, 0.1) is 0 Å². The van der Waals surface area contributed by atoms with Gasteiger partial charge in [0.2, 0.25) is 0 Å². The van der Waals surface area contributed by atoms with E-state index in [0.717, 1.165) is 32.4 Å². The Labute approximate surface area is 130 Å². The smallest absolute Gasteiger partial charge is 0.410 e. The van der Waals surface area contributed by atoms with Gasteiger partial charge in [-0.15, -0.1) is 0 Å². The maximum Gasteiger partial charge on any atom is 0.410 e. The van der Waals surface area contributed by atoms with Gasteiger partial charge in [0.25, 0.3) is 0 Å². The molecule has 1 N–H and O–H groups in total. The maximum absolute atomic E-state index is 12.2. The summed E-state index contributed by atoms with van der Waals surface area (Å²) in [6.45, 7) is 12.1. The van der Waals surface area contributed by atoms with Crippen molar-refractivity contribution in [2.75, 3.05) is 13.1 Å². The highest BCUT2D eigenvalue weighted by atomic mass is 16.6. The second-order valence-corrected chi connectivity index (χ2v) is 7.27. The fourth-order valence-corrected chi connectivity index (χ4v) is 2.86. The van der Waals surface area contributed by atoms with Crippen LogP contribution in [-0.4, -0.2) is 41.8 Å². The van der Waals surface area contributed by atoms with Crippen LogP contribution in [-0.2, 0) is 4.74 Å². The Morgan fingerprint density at radius 1 is 1.38 bits per heavy atom. The highest BCUT2D eigenvalue weighted by Gasteiger charge is 2.32. The summed E-state index contributed by atoms with van der Waals surface area (Å²) in [4.78, 5) is 14.2. The van der Waals surface area contributed by atoms with E-state index in [1.54, 1.807) is 0 Å². The number of nitrogens with zero attached hydrogens (tertiary/aromatic N) is 1. The molecule has 0 aromatic rings. The van der Waals surface area contributed by atoms with Crippen LogP contribution in [0.15, 0.2) is 0 Å². The zero-order chi connectivity index (χ0) is 15.9. The zero-order valence-corrected chi connectivity index (χ0v) is 14.6. The molecule has 1 heterocycles. The molecule has 1 aliphatic rings. The lowest BCUT2D eigenvalue weighted by Crippen LogP contribution is -2.42. The van der Waals surface area contributed by atoms with Crippen LogP contribution in [0.25, 0.3) is 0 Å². The Hall–Kier alpha value is -0.770. The molecule has 0 saturated carbocycles. The lowest BCUT2D eigenvalue weighted by atomic mass is 10.1. The van der Waals surface area contributed by atoms with Gasteiger partial charge in [-0.25, -0.2) is 4.79 Å². The van der Waals surface area contributed by atoms with Crippen LogP contribution in [0, 0.1) is 0 Å². The molecule has 2 unspecified atom stereocenters. The molecule has 4 nitrogen and oxygen atoms in total. The quantitative estimate of drug-likeness (QED) is 0.724. The van der Waals surface area contributed by atoms with E-state index in [2.05, 4.69) is 19.2 Å². The van der Waals surface area contributed by atoms with Gasteiger partial charge in [0.1, 0.15) is 5.60 Å². The van der Waals surface area contributed by atoms with Gasteiger partial charge in [-0.1, -0.05) is 19.8 Å². The van der Waals surface area contributed by atoms with Crippen LogP contribution >= 0.6 is 0 Å². The molecule has 1 saturated heterocycles. The molecule has 1 amide bonds. The number of carbonyl (C=O) groups is 1. The van der Waals surface area contributed by atoms with Gasteiger partial charge < -0.3 is 15.0 Å². The number of amides is 1. The maximum atomic E-state index is 12.2. The van der Waals surface area contributed by atoms with Gasteiger partial charge in [0, 0.05) is 18.6 Å². The summed E-state index contributed by atoms with van der Waals surface area (Å²) < 4.78 is 5.51. The minimum atomic E-state index is -0.408. The predicted molar refractivity (Wildman–Crippen MR) is 87.6 cm³/mol. The zero-order valence-electron chi connectivity index (χ0n) is 14.6. The average Bonchev–Trinajstić information content (AvgIpc) is 2.81. The van der Waals surface area contributed by atoms with Crippen molar-refractivity contribution in [3.63, 3.8) is 0 Å². The van der Waals surface area contributed by atoms with E-state index in [9.17, 15) is 4.79 Å². The van der Waals surface area contributed by atoms with E-state index in [1.165, 1.54) is 19.3 Å². The monoisotopic (exact) mass is 298 g/mol. The predicted octanol–water partition coefficient (Wildman–Crippen LogP) is 3.94. The van der Waals surface area contributed by atoms with Crippen molar-refractivity contribution >= 4 is 6.09 Å². The van der Waals surface area contributed by atoms with Crippen molar-refractivity contribution in [1.82, 2.24) is 10.2 Å². The third-order valence-corrected chi connectivity index (χ3v) is 3.90. The molecule has 124 valence electrons. The van der Waals surface area contributed by atoms with Crippen LogP contribution in [0.3, 0.4) is 0 Å². The van der Waals surface area contributed by atoms with Crippen molar-refractivity contribution in [2.45, 2.75) is 90.8 Å². The molecule has 0 radical (unpaired) electrons. The number of hydrogen-bond acceptors (Lipinski definition) is 3. The first-order chi connectivity index (χ1) is 9.83. The van der Waals surface area contributed by atoms with Crippen molar-refractivity contribution in [3.05, 3.63) is 0 Å². The SMILES string of the molecule is CCCCCNC(C)CC1CCCN1C(=O)OC(C)(C)C. The number of rotatable bonds is 7. The number of hydrogen-bond donors (Lipinski definition) is 1. The van der Waals surface area contributed by atoms with Crippen molar-refractivity contribution in [2.24, 2.45) is 0 Å². The van der Waals surface area contributed by atoms with Crippen molar-refractivity contribution in [1.29, 1.82) is 0 Å². The average molecular weight is 298 g/mol. The van der Waals surface area contributed by atoms with Gasteiger partial charge in [-0.05, 0) is 59.9 Å². The largest absolute Gasteiger partial charge is 0.444 e. The van der Waals surface area contributed by atoms with Gasteiger partial charge in [0.15, 0.2) is 0 Å². The fraction of sp³-hybridized carbons (Fsp3) is 0.941. The molecule has 4 heteroatoms. The van der Waals surface area contributed by atoms with E-state index in [0.29, 0.717) is 12.1 Å². The normalized spacial score (nSPS) is 20.6. The van der Waals surface area contributed by atoms with E-state index in [1.807, 2.05) is 25.7 Å². The summed E-state index contributed by atoms with van der Waals surface area (Å²) >= 11 is 0. The Morgan fingerprint density at radius 3 is 2.71 bits per heavy atom. The lowest BCUT2D eigenvalue weighted by molar-refractivity contribution is 0.0214. The first kappa shape index (κ1) is 18.3. The molecule has 0 spiro atoms. The Morgan fingerprint density at radius 2 is 2.10 bits per heavy atom. The minimum absolute atomic E-state index is 0.150. The number of carbonyl (C=O) groups excluding carboxylic acids is 1. The van der Waals surface area contributed by atoms with Gasteiger partial charge in [-0.2, -0.15) is 0 Å². The Bertz CT molecular complexity index is 312.